The van der Waals surface area contributed by atoms with Crippen molar-refractivity contribution < 1.29 is 14.1 Å². The lowest BCUT2D eigenvalue weighted by Crippen LogP contribution is -2.38. The molecular formula is C32H22BrN3O5S. The summed E-state index contributed by atoms with van der Waals surface area (Å²) in [7, 11) is 1.64. The topological polar surface area (TPSA) is 99.9 Å². The van der Waals surface area contributed by atoms with Crippen LogP contribution in [-0.2, 0) is 6.42 Å². The van der Waals surface area contributed by atoms with E-state index in [2.05, 4.69) is 28.1 Å². The number of ether oxygens (including phenoxy) is 1. The molecule has 0 bridgehead atoms. The quantitative estimate of drug-likeness (QED) is 0.167. The molecule has 1 atom stereocenters. The SMILES string of the molecule is COc1ccccc1[C@@H]1C2=C(N=c3s/c(=C\c4ccc(-c5ccc(Br)cc5[N+](=O)[O-])o4)c(=O)n31)c1ccccc1CC2. The zero-order valence-corrected chi connectivity index (χ0v) is 24.6. The molecule has 7 rings (SSSR count). The van der Waals surface area contributed by atoms with E-state index in [9.17, 15) is 14.9 Å². The van der Waals surface area contributed by atoms with Crippen LogP contribution in [0.15, 0.2) is 103 Å². The minimum Gasteiger partial charge on any atom is -0.496 e. The molecule has 1 aliphatic carbocycles. The Bertz CT molecular complexity index is 2120. The van der Waals surface area contributed by atoms with Gasteiger partial charge in [0, 0.05) is 27.7 Å². The molecule has 0 N–H and O–H groups in total. The van der Waals surface area contributed by atoms with Crippen LogP contribution in [0, 0.1) is 10.1 Å². The molecule has 0 fully saturated rings. The van der Waals surface area contributed by atoms with Gasteiger partial charge < -0.3 is 9.15 Å². The van der Waals surface area contributed by atoms with Crippen LogP contribution in [0.2, 0.25) is 0 Å². The number of benzene rings is 3. The predicted molar refractivity (Wildman–Crippen MR) is 164 cm³/mol. The van der Waals surface area contributed by atoms with Gasteiger partial charge in [0.1, 0.15) is 17.3 Å². The molecule has 0 saturated carbocycles. The number of rotatable bonds is 5. The van der Waals surface area contributed by atoms with E-state index < -0.39 is 4.92 Å². The van der Waals surface area contributed by atoms with E-state index in [0.29, 0.717) is 36.6 Å². The van der Waals surface area contributed by atoms with Crippen molar-refractivity contribution in [3.63, 3.8) is 0 Å². The van der Waals surface area contributed by atoms with Crippen LogP contribution in [0.25, 0.3) is 23.1 Å². The average Bonchev–Trinajstić information content (AvgIpc) is 3.60. The van der Waals surface area contributed by atoms with E-state index in [1.54, 1.807) is 42.0 Å². The van der Waals surface area contributed by atoms with Gasteiger partial charge in [0.05, 0.1) is 33.9 Å². The molecule has 3 aromatic carbocycles. The van der Waals surface area contributed by atoms with Crippen LogP contribution < -0.4 is 19.6 Å². The van der Waals surface area contributed by atoms with Crippen molar-refractivity contribution in [1.29, 1.82) is 0 Å². The van der Waals surface area contributed by atoms with Gasteiger partial charge in [-0.15, -0.1) is 0 Å². The summed E-state index contributed by atoms with van der Waals surface area (Å²) in [6.07, 6.45) is 3.31. The highest BCUT2D eigenvalue weighted by Gasteiger charge is 2.34. The molecule has 0 unspecified atom stereocenters. The number of nitro benzene ring substituents is 1. The smallest absolute Gasteiger partial charge is 0.281 e. The lowest BCUT2D eigenvalue weighted by atomic mass is 9.83. The third kappa shape index (κ3) is 4.34. The highest BCUT2D eigenvalue weighted by molar-refractivity contribution is 9.10. The van der Waals surface area contributed by atoms with E-state index in [0.717, 1.165) is 35.2 Å². The van der Waals surface area contributed by atoms with Crippen molar-refractivity contribution in [1.82, 2.24) is 4.57 Å². The van der Waals surface area contributed by atoms with Gasteiger partial charge in [-0.25, -0.2) is 4.99 Å². The number of aromatic nitrogens is 1. The van der Waals surface area contributed by atoms with Gasteiger partial charge in [0.25, 0.3) is 11.2 Å². The normalized spacial score (nSPS) is 16.0. The van der Waals surface area contributed by atoms with Crippen molar-refractivity contribution in [3.8, 4) is 17.1 Å². The first kappa shape index (κ1) is 26.4. The second-order valence-corrected chi connectivity index (χ2v) is 11.9. The third-order valence-electron chi connectivity index (χ3n) is 7.63. The molecule has 10 heteroatoms. The summed E-state index contributed by atoms with van der Waals surface area (Å²) in [6, 6.07) is 23.9. The van der Waals surface area contributed by atoms with Gasteiger partial charge in [-0.05, 0) is 54.3 Å². The number of hydrogen-bond acceptors (Lipinski definition) is 7. The van der Waals surface area contributed by atoms with Crippen LogP contribution in [0.3, 0.4) is 0 Å². The van der Waals surface area contributed by atoms with Gasteiger partial charge in [-0.2, -0.15) is 0 Å². The van der Waals surface area contributed by atoms with Crippen LogP contribution in [-0.4, -0.2) is 16.6 Å². The molecule has 3 heterocycles. The first-order chi connectivity index (χ1) is 20.4. The molecule has 208 valence electrons. The van der Waals surface area contributed by atoms with E-state index in [4.69, 9.17) is 14.1 Å². The number of nitrogens with zero attached hydrogens (tertiary/aromatic N) is 3. The van der Waals surface area contributed by atoms with Crippen molar-refractivity contribution in [2.45, 2.75) is 18.9 Å². The summed E-state index contributed by atoms with van der Waals surface area (Å²) in [6.45, 7) is 0. The maximum Gasteiger partial charge on any atom is 0.281 e. The Kier molecular flexibility index (Phi) is 6.52. The summed E-state index contributed by atoms with van der Waals surface area (Å²) in [4.78, 5) is 30.9. The fraction of sp³-hybridized carbons (Fsp3) is 0.125. The van der Waals surface area contributed by atoms with E-state index in [1.807, 2.05) is 36.4 Å². The molecule has 2 aliphatic rings. The maximum atomic E-state index is 14.1. The Labute approximate surface area is 251 Å². The van der Waals surface area contributed by atoms with Crippen molar-refractivity contribution in [2.75, 3.05) is 7.11 Å². The maximum absolute atomic E-state index is 14.1. The second kappa shape index (κ2) is 10.4. The highest BCUT2D eigenvalue weighted by atomic mass is 79.9. The molecule has 0 spiro atoms. The first-order valence-corrected chi connectivity index (χ1v) is 14.8. The van der Waals surface area contributed by atoms with Crippen LogP contribution >= 0.6 is 27.3 Å². The first-order valence-electron chi connectivity index (χ1n) is 13.2. The van der Waals surface area contributed by atoms with Gasteiger partial charge in [0.15, 0.2) is 4.80 Å². The molecule has 8 nitrogen and oxygen atoms in total. The van der Waals surface area contributed by atoms with Gasteiger partial charge in [-0.1, -0.05) is 69.7 Å². The van der Waals surface area contributed by atoms with Gasteiger partial charge in [0.2, 0.25) is 0 Å². The number of aryl methyl sites for hydroxylation is 1. The Hall–Kier alpha value is -4.54. The molecule has 5 aromatic rings. The Balaban J connectivity index is 1.40. The third-order valence-corrected chi connectivity index (χ3v) is 9.10. The molecule has 0 saturated heterocycles. The lowest BCUT2D eigenvalue weighted by Gasteiger charge is -2.31. The summed E-state index contributed by atoms with van der Waals surface area (Å²) in [5, 5.41) is 11.6. The van der Waals surface area contributed by atoms with E-state index in [1.165, 1.54) is 23.0 Å². The summed E-state index contributed by atoms with van der Waals surface area (Å²) in [5.74, 6) is 1.46. The molecule has 1 aliphatic heterocycles. The Morgan fingerprint density at radius 1 is 1.07 bits per heavy atom. The van der Waals surface area contributed by atoms with E-state index in [-0.39, 0.29) is 17.3 Å². The zero-order valence-electron chi connectivity index (χ0n) is 22.2. The number of thiazole rings is 1. The van der Waals surface area contributed by atoms with Crippen molar-refractivity contribution in [2.24, 2.45) is 4.99 Å². The molecule has 0 amide bonds. The Morgan fingerprint density at radius 2 is 1.88 bits per heavy atom. The number of allylic oxidation sites excluding steroid dienone is 1. The number of halogens is 1. The molecular weight excluding hydrogens is 618 g/mol. The standard InChI is InChI=1S/C32H22BrN3O5S/c1-40-26-9-5-4-8-23(26)30-24-13-10-18-6-2-3-7-21(18)29(24)34-32-35(30)31(37)28(42-32)17-20-12-15-27(41-20)22-14-11-19(33)16-25(22)36(38)39/h2-9,11-12,14-17,30H,10,13H2,1H3/b28-17-/t30-/m1/s1. The summed E-state index contributed by atoms with van der Waals surface area (Å²) >= 11 is 4.58. The minimum absolute atomic E-state index is 0.0766. The number of nitro groups is 1. The number of furan rings is 1. The zero-order chi connectivity index (χ0) is 29.0. The van der Waals surface area contributed by atoms with Crippen LogP contribution in [0.1, 0.15) is 34.9 Å². The minimum atomic E-state index is -0.446. The average molecular weight is 641 g/mol. The number of para-hydroxylation sites is 1. The second-order valence-electron chi connectivity index (χ2n) is 9.98. The van der Waals surface area contributed by atoms with Crippen molar-refractivity contribution >= 4 is 44.7 Å². The lowest BCUT2D eigenvalue weighted by molar-refractivity contribution is -0.384. The predicted octanol–water partition coefficient (Wildman–Crippen LogP) is 6.26. The number of hydrogen-bond donors (Lipinski definition) is 0. The monoisotopic (exact) mass is 639 g/mol. The van der Waals surface area contributed by atoms with Crippen LogP contribution in [0.5, 0.6) is 5.75 Å². The van der Waals surface area contributed by atoms with Crippen molar-refractivity contribution in [3.05, 3.63) is 141 Å². The highest BCUT2D eigenvalue weighted by Crippen LogP contribution is 2.43. The fourth-order valence-corrected chi connectivity index (χ4v) is 7.09. The van der Waals surface area contributed by atoms with Gasteiger partial charge in [-0.3, -0.25) is 19.5 Å². The Morgan fingerprint density at radius 3 is 2.71 bits per heavy atom. The molecule has 2 aromatic heterocycles. The number of methoxy groups -OCH3 is 1. The largest absolute Gasteiger partial charge is 0.496 e. The van der Waals surface area contributed by atoms with Gasteiger partial charge >= 0.3 is 0 Å². The molecule has 42 heavy (non-hydrogen) atoms. The van der Waals surface area contributed by atoms with E-state index >= 15 is 0 Å². The van der Waals surface area contributed by atoms with Crippen LogP contribution in [0.4, 0.5) is 5.69 Å². The summed E-state index contributed by atoms with van der Waals surface area (Å²) in [5.41, 5.74) is 5.30. The fourth-order valence-electron chi connectivity index (χ4n) is 5.76. The molecule has 0 radical (unpaired) electrons. The summed E-state index contributed by atoms with van der Waals surface area (Å²) < 4.78 is 14.6. The number of fused-ring (bicyclic) bond motifs is 3.